The van der Waals surface area contributed by atoms with E-state index in [9.17, 15) is 9.59 Å². The zero-order valence-electron chi connectivity index (χ0n) is 13.6. The lowest BCUT2D eigenvalue weighted by Gasteiger charge is -2.08. The first-order valence-corrected chi connectivity index (χ1v) is 7.68. The third kappa shape index (κ3) is 3.87. The summed E-state index contributed by atoms with van der Waals surface area (Å²) in [4.78, 5) is 27.5. The van der Waals surface area contributed by atoms with Gasteiger partial charge in [-0.15, -0.1) is 0 Å². The quantitative estimate of drug-likeness (QED) is 0.623. The molecule has 0 aliphatic heterocycles. The molecule has 3 aromatic rings. The number of hydrogen-bond donors (Lipinski definition) is 3. The molecule has 0 bridgehead atoms. The van der Waals surface area contributed by atoms with Crippen molar-refractivity contribution in [3.8, 4) is 11.5 Å². The summed E-state index contributed by atoms with van der Waals surface area (Å²) in [5.74, 6) is 0.730. The van der Waals surface area contributed by atoms with E-state index >= 15 is 0 Å². The highest BCUT2D eigenvalue weighted by Gasteiger charge is 2.14. The van der Waals surface area contributed by atoms with Crippen molar-refractivity contribution < 1.29 is 18.7 Å². The SMILES string of the molecule is NCc1occc1C(=O)Nc1ccc(Oc2cccc(C(N)=O)c2)cn1. The van der Waals surface area contributed by atoms with E-state index in [0.717, 1.165) is 0 Å². The van der Waals surface area contributed by atoms with Gasteiger partial charge in [0.25, 0.3) is 5.91 Å². The molecular formula is C18H16N4O4. The summed E-state index contributed by atoms with van der Waals surface area (Å²) in [5.41, 5.74) is 11.5. The molecule has 1 aromatic carbocycles. The van der Waals surface area contributed by atoms with Crippen LogP contribution in [0.2, 0.25) is 0 Å². The molecule has 0 saturated carbocycles. The number of nitrogens with zero attached hydrogens (tertiary/aromatic N) is 1. The molecule has 0 aliphatic carbocycles. The van der Waals surface area contributed by atoms with Crippen LogP contribution >= 0.6 is 0 Å². The van der Waals surface area contributed by atoms with Crippen LogP contribution in [0.5, 0.6) is 11.5 Å². The molecule has 8 heteroatoms. The van der Waals surface area contributed by atoms with Crippen molar-refractivity contribution in [2.45, 2.75) is 6.54 Å². The highest BCUT2D eigenvalue weighted by atomic mass is 16.5. The third-order valence-corrected chi connectivity index (χ3v) is 3.51. The smallest absolute Gasteiger partial charge is 0.260 e. The van der Waals surface area contributed by atoms with E-state index < -0.39 is 5.91 Å². The normalized spacial score (nSPS) is 10.3. The molecule has 3 rings (SSSR count). The number of ether oxygens (including phenoxy) is 1. The second kappa shape index (κ2) is 7.49. The Bertz CT molecular complexity index is 934. The predicted octanol–water partition coefficient (Wildman–Crippen LogP) is 2.28. The van der Waals surface area contributed by atoms with Crippen LogP contribution in [-0.4, -0.2) is 16.8 Å². The summed E-state index contributed by atoms with van der Waals surface area (Å²) in [6, 6.07) is 11.3. The summed E-state index contributed by atoms with van der Waals surface area (Å²) in [6.07, 6.45) is 2.85. The second-order valence-electron chi connectivity index (χ2n) is 5.29. The number of aromatic nitrogens is 1. The van der Waals surface area contributed by atoms with E-state index in [1.54, 1.807) is 36.4 Å². The number of carbonyl (C=O) groups is 2. The number of nitrogens with one attached hydrogen (secondary N) is 1. The largest absolute Gasteiger partial charge is 0.467 e. The Morgan fingerprint density at radius 1 is 1.15 bits per heavy atom. The van der Waals surface area contributed by atoms with Gasteiger partial charge < -0.3 is 25.9 Å². The average Bonchev–Trinajstić information content (AvgIpc) is 3.12. The van der Waals surface area contributed by atoms with Crippen molar-refractivity contribution >= 4 is 17.6 Å². The van der Waals surface area contributed by atoms with Gasteiger partial charge in [-0.2, -0.15) is 0 Å². The molecule has 0 unspecified atom stereocenters. The number of pyridine rings is 1. The molecule has 132 valence electrons. The average molecular weight is 352 g/mol. The number of rotatable bonds is 6. The predicted molar refractivity (Wildman–Crippen MR) is 93.8 cm³/mol. The maximum atomic E-state index is 12.2. The third-order valence-electron chi connectivity index (χ3n) is 3.51. The van der Waals surface area contributed by atoms with E-state index in [2.05, 4.69) is 10.3 Å². The number of nitrogens with two attached hydrogens (primary N) is 2. The van der Waals surface area contributed by atoms with Gasteiger partial charge in [0, 0.05) is 5.56 Å². The topological polar surface area (TPSA) is 133 Å². The number of primary amides is 1. The van der Waals surface area contributed by atoms with E-state index in [1.165, 1.54) is 18.5 Å². The number of anilines is 1. The van der Waals surface area contributed by atoms with E-state index in [4.69, 9.17) is 20.6 Å². The fourth-order valence-electron chi connectivity index (χ4n) is 2.25. The molecule has 5 N–H and O–H groups in total. The van der Waals surface area contributed by atoms with Crippen molar-refractivity contribution in [2.75, 3.05) is 5.32 Å². The van der Waals surface area contributed by atoms with Crippen LogP contribution in [0.4, 0.5) is 5.82 Å². The molecule has 2 amide bonds. The van der Waals surface area contributed by atoms with Gasteiger partial charge in [-0.1, -0.05) is 6.07 Å². The maximum absolute atomic E-state index is 12.2. The highest BCUT2D eigenvalue weighted by Crippen LogP contribution is 2.22. The van der Waals surface area contributed by atoms with Crippen LogP contribution in [0, 0.1) is 0 Å². The molecule has 0 atom stereocenters. The highest BCUT2D eigenvalue weighted by molar-refractivity contribution is 6.04. The Hall–Kier alpha value is -3.65. The molecule has 0 aliphatic rings. The molecule has 26 heavy (non-hydrogen) atoms. The molecule has 8 nitrogen and oxygen atoms in total. The van der Waals surface area contributed by atoms with Crippen LogP contribution in [0.25, 0.3) is 0 Å². The van der Waals surface area contributed by atoms with E-state index in [0.29, 0.717) is 34.2 Å². The summed E-state index contributed by atoms with van der Waals surface area (Å²) in [5, 5.41) is 2.65. The van der Waals surface area contributed by atoms with Crippen molar-refractivity contribution in [2.24, 2.45) is 11.5 Å². The van der Waals surface area contributed by atoms with Crippen LogP contribution in [0.15, 0.2) is 59.3 Å². The number of carbonyl (C=O) groups excluding carboxylic acids is 2. The summed E-state index contributed by atoms with van der Waals surface area (Å²) in [7, 11) is 0. The minimum atomic E-state index is -0.539. The molecule has 0 spiro atoms. The monoisotopic (exact) mass is 352 g/mol. The summed E-state index contributed by atoms with van der Waals surface area (Å²) < 4.78 is 10.7. The fraction of sp³-hybridized carbons (Fsp3) is 0.0556. The van der Waals surface area contributed by atoms with Gasteiger partial charge in [0.1, 0.15) is 23.1 Å². The Morgan fingerprint density at radius 2 is 2.00 bits per heavy atom. The zero-order chi connectivity index (χ0) is 18.5. The lowest BCUT2D eigenvalue weighted by atomic mass is 10.2. The van der Waals surface area contributed by atoms with E-state index in [1.807, 2.05) is 0 Å². The minimum Gasteiger partial charge on any atom is -0.467 e. The minimum absolute atomic E-state index is 0.125. The fourth-order valence-corrected chi connectivity index (χ4v) is 2.25. The second-order valence-corrected chi connectivity index (χ2v) is 5.29. The molecule has 2 heterocycles. The van der Waals surface area contributed by atoms with Gasteiger partial charge in [0.2, 0.25) is 5.91 Å². The van der Waals surface area contributed by atoms with Crippen molar-refractivity contribution in [1.29, 1.82) is 0 Å². The number of benzene rings is 1. The first-order chi connectivity index (χ1) is 12.6. The van der Waals surface area contributed by atoms with Crippen LogP contribution in [0.1, 0.15) is 26.5 Å². The molecule has 2 aromatic heterocycles. The first kappa shape index (κ1) is 17.2. The number of hydrogen-bond acceptors (Lipinski definition) is 6. The first-order valence-electron chi connectivity index (χ1n) is 7.68. The molecule has 0 saturated heterocycles. The summed E-state index contributed by atoms with van der Waals surface area (Å²) >= 11 is 0. The van der Waals surface area contributed by atoms with Gasteiger partial charge in [0.05, 0.1) is 24.6 Å². The molecular weight excluding hydrogens is 336 g/mol. The molecule has 0 radical (unpaired) electrons. The lowest BCUT2D eigenvalue weighted by molar-refractivity contribution is 0.0997. The van der Waals surface area contributed by atoms with Crippen LogP contribution < -0.4 is 21.5 Å². The Balaban J connectivity index is 1.68. The Labute approximate surface area is 148 Å². The van der Waals surface area contributed by atoms with Crippen molar-refractivity contribution in [3.63, 3.8) is 0 Å². The Kier molecular flexibility index (Phi) is 4.95. The van der Waals surface area contributed by atoms with Gasteiger partial charge in [0.15, 0.2) is 0 Å². The standard InChI is InChI=1S/C18H16N4O4/c19-9-15-14(6-7-25-15)18(24)22-16-5-4-13(10-21-16)26-12-3-1-2-11(8-12)17(20)23/h1-8,10H,9,19H2,(H2,20,23)(H,21,22,24). The van der Waals surface area contributed by atoms with E-state index in [-0.39, 0.29) is 12.5 Å². The molecule has 0 fully saturated rings. The summed E-state index contributed by atoms with van der Waals surface area (Å²) in [6.45, 7) is 0.125. The van der Waals surface area contributed by atoms with Gasteiger partial charge in [-0.25, -0.2) is 4.98 Å². The lowest BCUT2D eigenvalue weighted by Crippen LogP contribution is -2.14. The van der Waals surface area contributed by atoms with Crippen molar-refractivity contribution in [3.05, 3.63) is 71.8 Å². The van der Waals surface area contributed by atoms with Crippen LogP contribution in [0.3, 0.4) is 0 Å². The number of furan rings is 1. The van der Waals surface area contributed by atoms with Crippen molar-refractivity contribution in [1.82, 2.24) is 4.98 Å². The van der Waals surface area contributed by atoms with Gasteiger partial charge in [-0.3, -0.25) is 9.59 Å². The van der Waals surface area contributed by atoms with Gasteiger partial charge in [-0.05, 0) is 36.4 Å². The van der Waals surface area contributed by atoms with Crippen LogP contribution in [-0.2, 0) is 6.54 Å². The Morgan fingerprint density at radius 3 is 2.69 bits per heavy atom. The number of amides is 2. The van der Waals surface area contributed by atoms with Gasteiger partial charge >= 0.3 is 0 Å². The maximum Gasteiger partial charge on any atom is 0.260 e. The zero-order valence-corrected chi connectivity index (χ0v) is 13.6.